The van der Waals surface area contributed by atoms with E-state index in [1.165, 1.54) is 46.6 Å². The number of nitrogens with one attached hydrogen (secondary N) is 2. The highest BCUT2D eigenvalue weighted by atomic mass is 32.2. The first-order valence-electron chi connectivity index (χ1n) is 18.4. The molecule has 0 radical (unpaired) electrons. The van der Waals surface area contributed by atoms with Gasteiger partial charge in [0.05, 0.1) is 18.0 Å². The van der Waals surface area contributed by atoms with Crippen LogP contribution in [0.5, 0.6) is 0 Å². The van der Waals surface area contributed by atoms with E-state index < -0.39 is 51.8 Å². The Morgan fingerprint density at radius 3 is 2.30 bits per heavy atom. The molecule has 2 amide bonds. The van der Waals surface area contributed by atoms with Crippen molar-refractivity contribution < 1.29 is 41.0 Å². The van der Waals surface area contributed by atoms with Crippen LogP contribution in [0.15, 0.2) is 77.7 Å². The number of nitrogens with zero attached hydrogens (tertiary/aromatic N) is 2. The van der Waals surface area contributed by atoms with Crippen molar-refractivity contribution in [3.05, 3.63) is 95.6 Å². The standard InChI is InChI=1S/C40H52F2N4O7S/c1-27-25-45(39(48)53-40(2,3)4)26-31(46(27)54(49,50)32-10-7-6-8-11-32)18-19-33-34(42)12-9-13-35(33)43-24-36(44-38(47)51-5)37(29-20-22-52-23-21-29)28-14-16-30(41)17-15-28/h6-17,27,29,31,36-37,43H,18-26H2,1-5H3,(H,44,47)/t27-,31-,36+,37-/m0/s1. The lowest BCUT2D eigenvalue weighted by molar-refractivity contribution is 0.00511. The normalized spacial score (nSPS) is 19.8. The minimum absolute atomic E-state index is 0.0537. The highest BCUT2D eigenvalue weighted by molar-refractivity contribution is 7.89. The fourth-order valence-corrected chi connectivity index (χ4v) is 9.44. The second kappa shape index (κ2) is 17.9. The van der Waals surface area contributed by atoms with Gasteiger partial charge in [0.15, 0.2) is 0 Å². The molecule has 2 N–H and O–H groups in total. The summed E-state index contributed by atoms with van der Waals surface area (Å²) in [6, 6.07) is 17.2. The number of ether oxygens (including phenoxy) is 3. The summed E-state index contributed by atoms with van der Waals surface area (Å²) in [4.78, 5) is 27.6. The van der Waals surface area contributed by atoms with Crippen LogP contribution in [0.1, 0.15) is 64.0 Å². The topological polar surface area (TPSA) is 127 Å². The van der Waals surface area contributed by atoms with Crippen LogP contribution in [0, 0.1) is 17.6 Å². The maximum atomic E-state index is 15.8. The van der Waals surface area contributed by atoms with E-state index in [2.05, 4.69) is 10.6 Å². The summed E-state index contributed by atoms with van der Waals surface area (Å²) in [5.41, 5.74) is 0.893. The van der Waals surface area contributed by atoms with E-state index in [4.69, 9.17) is 14.2 Å². The van der Waals surface area contributed by atoms with Gasteiger partial charge in [-0.3, -0.25) is 0 Å². The van der Waals surface area contributed by atoms with E-state index in [0.717, 1.165) is 18.4 Å². The predicted octanol–water partition coefficient (Wildman–Crippen LogP) is 6.94. The number of hydrogen-bond donors (Lipinski definition) is 2. The molecule has 2 fully saturated rings. The Labute approximate surface area is 317 Å². The van der Waals surface area contributed by atoms with Gasteiger partial charge >= 0.3 is 12.2 Å². The predicted molar refractivity (Wildman–Crippen MR) is 202 cm³/mol. The lowest BCUT2D eigenvalue weighted by Gasteiger charge is -2.44. The average Bonchev–Trinajstić information content (AvgIpc) is 3.14. The SMILES string of the molecule is COC(=O)N[C@H](CNc1cccc(F)c1CC[C@H]1CN(C(=O)OC(C)(C)C)C[C@H](C)N1S(=O)(=O)c1ccccc1)[C@@H](c1ccc(F)cc1)C1CCOCC1. The van der Waals surface area contributed by atoms with Crippen LogP contribution >= 0.6 is 0 Å². The number of alkyl carbamates (subject to hydrolysis) is 1. The van der Waals surface area contributed by atoms with Gasteiger partial charge in [0.1, 0.15) is 17.2 Å². The number of anilines is 1. The smallest absolute Gasteiger partial charge is 0.410 e. The third-order valence-electron chi connectivity index (χ3n) is 9.99. The Bertz CT molecular complexity index is 1820. The molecular weight excluding hydrogens is 719 g/mol. The molecule has 0 bridgehead atoms. The summed E-state index contributed by atoms with van der Waals surface area (Å²) in [5.74, 6) is -1.01. The first-order chi connectivity index (χ1) is 25.7. The van der Waals surface area contributed by atoms with Crippen molar-refractivity contribution >= 4 is 27.9 Å². The minimum Gasteiger partial charge on any atom is -0.453 e. The third-order valence-corrected chi connectivity index (χ3v) is 12.1. The van der Waals surface area contributed by atoms with Gasteiger partial charge in [0, 0.05) is 62.1 Å². The summed E-state index contributed by atoms with van der Waals surface area (Å²) >= 11 is 0. The van der Waals surface area contributed by atoms with Crippen LogP contribution in [0.25, 0.3) is 0 Å². The zero-order valence-electron chi connectivity index (χ0n) is 31.6. The Balaban J connectivity index is 1.43. The van der Waals surface area contributed by atoms with Gasteiger partial charge in [0.25, 0.3) is 0 Å². The molecular formula is C40H52F2N4O7S. The van der Waals surface area contributed by atoms with Gasteiger partial charge in [-0.1, -0.05) is 36.4 Å². The van der Waals surface area contributed by atoms with Gasteiger partial charge in [-0.2, -0.15) is 4.31 Å². The third kappa shape index (κ3) is 10.3. The number of rotatable bonds is 12. The second-order valence-electron chi connectivity index (χ2n) is 15.0. The highest BCUT2D eigenvalue weighted by Crippen LogP contribution is 2.36. The van der Waals surface area contributed by atoms with Crippen molar-refractivity contribution in [1.82, 2.24) is 14.5 Å². The van der Waals surface area contributed by atoms with Crippen LogP contribution in [0.4, 0.5) is 24.1 Å². The van der Waals surface area contributed by atoms with E-state index in [9.17, 15) is 22.4 Å². The van der Waals surface area contributed by atoms with Gasteiger partial charge in [0.2, 0.25) is 10.0 Å². The number of piperazine rings is 1. The maximum Gasteiger partial charge on any atom is 0.410 e. The summed E-state index contributed by atoms with van der Waals surface area (Å²) in [6.45, 7) is 8.52. The molecule has 2 saturated heterocycles. The van der Waals surface area contributed by atoms with Crippen LogP contribution in [-0.2, 0) is 30.7 Å². The van der Waals surface area contributed by atoms with E-state index in [1.54, 1.807) is 70.2 Å². The molecule has 0 unspecified atom stereocenters. The summed E-state index contributed by atoms with van der Waals surface area (Å²) in [7, 11) is -2.71. The molecule has 11 nitrogen and oxygen atoms in total. The molecule has 54 heavy (non-hydrogen) atoms. The quantitative estimate of drug-likeness (QED) is 0.203. The molecule has 0 aliphatic carbocycles. The summed E-state index contributed by atoms with van der Waals surface area (Å²) in [6.07, 6.45) is 0.598. The molecule has 14 heteroatoms. The molecule has 2 aliphatic rings. The number of carbonyl (C=O) groups excluding carboxylic acids is 2. The Morgan fingerprint density at radius 1 is 0.963 bits per heavy atom. The monoisotopic (exact) mass is 770 g/mol. The maximum absolute atomic E-state index is 15.8. The fourth-order valence-electron chi connectivity index (χ4n) is 7.59. The molecule has 3 aromatic rings. The lowest BCUT2D eigenvalue weighted by Crippen LogP contribution is -2.61. The van der Waals surface area contributed by atoms with Crippen molar-refractivity contribution in [1.29, 1.82) is 0 Å². The number of benzene rings is 3. The summed E-state index contributed by atoms with van der Waals surface area (Å²) in [5, 5.41) is 6.33. The first-order valence-corrected chi connectivity index (χ1v) is 19.9. The van der Waals surface area contributed by atoms with E-state index in [-0.39, 0.29) is 55.0 Å². The zero-order valence-corrected chi connectivity index (χ0v) is 32.4. The molecule has 294 valence electrons. The number of amides is 2. The van der Waals surface area contributed by atoms with E-state index in [0.29, 0.717) is 24.5 Å². The second-order valence-corrected chi connectivity index (χ2v) is 16.8. The van der Waals surface area contributed by atoms with Crippen molar-refractivity contribution in [2.75, 3.05) is 45.3 Å². The highest BCUT2D eigenvalue weighted by Gasteiger charge is 2.43. The Kier molecular flexibility index (Phi) is 13.6. The number of carbonyl (C=O) groups is 2. The first kappa shape index (κ1) is 40.9. The minimum atomic E-state index is -3.99. The van der Waals surface area contributed by atoms with E-state index in [1.807, 2.05) is 0 Å². The number of halogens is 2. The zero-order chi connectivity index (χ0) is 39.0. The van der Waals surface area contributed by atoms with Crippen molar-refractivity contribution in [2.24, 2.45) is 5.92 Å². The van der Waals surface area contributed by atoms with Crippen molar-refractivity contribution in [3.63, 3.8) is 0 Å². The van der Waals surface area contributed by atoms with Crippen LogP contribution in [0.3, 0.4) is 0 Å². The summed E-state index contributed by atoms with van der Waals surface area (Å²) < 4.78 is 75.8. The number of hydrogen-bond acceptors (Lipinski definition) is 8. The van der Waals surface area contributed by atoms with Gasteiger partial charge in [-0.05, 0) is 101 Å². The number of methoxy groups -OCH3 is 1. The molecule has 3 aromatic carbocycles. The molecule has 0 aromatic heterocycles. The van der Waals surface area contributed by atoms with Crippen molar-refractivity contribution in [2.45, 2.75) is 87.9 Å². The van der Waals surface area contributed by atoms with E-state index >= 15 is 4.39 Å². The Morgan fingerprint density at radius 2 is 1.65 bits per heavy atom. The Hall–Kier alpha value is -4.27. The van der Waals surface area contributed by atoms with Crippen LogP contribution in [0.2, 0.25) is 0 Å². The number of sulfonamides is 1. The molecule has 5 rings (SSSR count). The van der Waals surface area contributed by atoms with Crippen LogP contribution < -0.4 is 10.6 Å². The van der Waals surface area contributed by atoms with Gasteiger partial charge in [-0.25, -0.2) is 26.8 Å². The molecule has 0 saturated carbocycles. The van der Waals surface area contributed by atoms with Crippen LogP contribution in [-0.4, -0.2) is 93.5 Å². The largest absolute Gasteiger partial charge is 0.453 e. The van der Waals surface area contributed by atoms with Gasteiger partial charge < -0.3 is 29.7 Å². The van der Waals surface area contributed by atoms with Gasteiger partial charge in [-0.15, -0.1) is 0 Å². The lowest BCUT2D eigenvalue weighted by atomic mass is 9.76. The van der Waals surface area contributed by atoms with Crippen molar-refractivity contribution in [3.8, 4) is 0 Å². The molecule has 4 atom stereocenters. The average molecular weight is 771 g/mol. The molecule has 2 aliphatic heterocycles. The molecule has 0 spiro atoms. The molecule has 2 heterocycles. The fraction of sp³-hybridized carbons (Fsp3) is 0.500.